The third kappa shape index (κ3) is 6.08. The molecule has 0 N–H and O–H groups in total. The molecule has 0 bridgehead atoms. The van der Waals surface area contributed by atoms with Gasteiger partial charge in [0.1, 0.15) is 5.75 Å². The second-order valence-electron chi connectivity index (χ2n) is 7.13. The Kier molecular flexibility index (Phi) is 8.98. The molecule has 0 heterocycles. The van der Waals surface area contributed by atoms with Gasteiger partial charge in [-0.1, -0.05) is 26.7 Å². The van der Waals surface area contributed by atoms with Crippen LogP contribution in [0.4, 0.5) is 0 Å². The number of benzene rings is 1. The van der Waals surface area contributed by atoms with Crippen molar-refractivity contribution in [2.75, 3.05) is 13.7 Å². The van der Waals surface area contributed by atoms with Crippen molar-refractivity contribution in [3.8, 4) is 18.1 Å². The summed E-state index contributed by atoms with van der Waals surface area (Å²) in [6, 6.07) is 1.84. The van der Waals surface area contributed by atoms with Crippen molar-refractivity contribution < 1.29 is 14.0 Å². The number of methoxy groups -OCH3 is 1. The number of carbonyl (C=O) groups excluding carboxylic acids is 1. The number of rotatable bonds is 4. The van der Waals surface area contributed by atoms with E-state index in [1.165, 1.54) is 0 Å². The molecule has 1 aromatic carbocycles. The van der Waals surface area contributed by atoms with E-state index < -0.39 is 8.32 Å². The summed E-state index contributed by atoms with van der Waals surface area (Å²) >= 11 is 3.33. The molecule has 134 valence electrons. The maximum atomic E-state index is 10.7. The summed E-state index contributed by atoms with van der Waals surface area (Å²) in [5.41, 5.74) is 2.74. The average molecular weight is 413 g/mol. The molecule has 0 amide bonds. The molecule has 3 nitrogen and oxygen atoms in total. The lowest BCUT2D eigenvalue weighted by Crippen LogP contribution is -2.40. The quantitative estimate of drug-likeness (QED) is 0.370. The molecule has 0 radical (unpaired) electrons. The van der Waals surface area contributed by atoms with E-state index in [0.29, 0.717) is 12.2 Å². The van der Waals surface area contributed by atoms with Gasteiger partial charge in [-0.3, -0.25) is 4.79 Å². The largest absolute Gasteiger partial charge is 0.495 e. The van der Waals surface area contributed by atoms with Gasteiger partial charge in [-0.15, -0.1) is 6.42 Å². The Balaban J connectivity index is 0.000000449. The second-order valence-corrected chi connectivity index (χ2v) is 12.7. The van der Waals surface area contributed by atoms with E-state index in [0.717, 1.165) is 27.6 Å². The summed E-state index contributed by atoms with van der Waals surface area (Å²) in [6.07, 6.45) is 5.94. The normalized spacial score (nSPS) is 11.2. The molecular weight excluding hydrogens is 384 g/mol. The number of terminal acetylenes is 1. The topological polar surface area (TPSA) is 35.5 Å². The van der Waals surface area contributed by atoms with E-state index in [1.807, 2.05) is 19.9 Å². The minimum absolute atomic E-state index is 0.268. The average Bonchev–Trinajstić information content (AvgIpc) is 2.49. The maximum Gasteiger partial charge on any atom is 0.193 e. The van der Waals surface area contributed by atoms with Crippen LogP contribution < -0.4 is 4.74 Å². The van der Waals surface area contributed by atoms with Gasteiger partial charge in [0.25, 0.3) is 0 Å². The Hall–Kier alpha value is -1.09. The van der Waals surface area contributed by atoms with Gasteiger partial charge in [-0.25, -0.2) is 0 Å². The van der Waals surface area contributed by atoms with Crippen molar-refractivity contribution in [3.63, 3.8) is 0 Å². The fourth-order valence-corrected chi connectivity index (χ4v) is 3.19. The molecular formula is C19H29BrO3Si. The number of ether oxygens (including phenoxy) is 1. The third-order valence-electron chi connectivity index (χ3n) is 4.41. The Morgan fingerprint density at radius 2 is 1.88 bits per heavy atom. The predicted octanol–water partition coefficient (Wildman–Crippen LogP) is 5.53. The van der Waals surface area contributed by atoms with Gasteiger partial charge in [0.2, 0.25) is 0 Å². The molecule has 1 rings (SSSR count). The Bertz CT molecular complexity index is 611. The van der Waals surface area contributed by atoms with Gasteiger partial charge in [0.05, 0.1) is 18.2 Å². The van der Waals surface area contributed by atoms with Crippen LogP contribution in [-0.4, -0.2) is 28.3 Å². The molecule has 0 fully saturated rings. The van der Waals surface area contributed by atoms with Gasteiger partial charge >= 0.3 is 0 Å². The SMILES string of the molecule is C#CCO[Si](C)(C)C(C)(C)C.COc1c(C)c(C)cc(C=O)c1Br. The van der Waals surface area contributed by atoms with Crippen LogP contribution in [0.25, 0.3) is 0 Å². The zero-order valence-electron chi connectivity index (χ0n) is 16.0. The van der Waals surface area contributed by atoms with Crippen LogP contribution in [0.1, 0.15) is 42.3 Å². The number of halogens is 1. The fourth-order valence-electron chi connectivity index (χ4n) is 1.65. The van der Waals surface area contributed by atoms with Crippen molar-refractivity contribution in [2.45, 2.75) is 52.8 Å². The Morgan fingerprint density at radius 1 is 1.33 bits per heavy atom. The summed E-state index contributed by atoms with van der Waals surface area (Å²) in [6.45, 7) is 15.4. The van der Waals surface area contributed by atoms with Gasteiger partial charge in [-0.05, 0) is 65.1 Å². The Labute approximate surface area is 156 Å². The summed E-state index contributed by atoms with van der Waals surface area (Å²) < 4.78 is 11.6. The van der Waals surface area contributed by atoms with Gasteiger partial charge in [0.15, 0.2) is 14.6 Å². The monoisotopic (exact) mass is 412 g/mol. The van der Waals surface area contributed by atoms with E-state index in [1.54, 1.807) is 7.11 Å². The highest BCUT2D eigenvalue weighted by Crippen LogP contribution is 2.36. The molecule has 24 heavy (non-hydrogen) atoms. The molecule has 0 aliphatic carbocycles. The lowest BCUT2D eigenvalue weighted by Gasteiger charge is -2.35. The van der Waals surface area contributed by atoms with E-state index in [2.05, 4.69) is 55.7 Å². The second kappa shape index (κ2) is 9.41. The summed E-state index contributed by atoms with van der Waals surface area (Å²) in [5.74, 6) is 3.25. The highest BCUT2D eigenvalue weighted by molar-refractivity contribution is 9.10. The first-order chi connectivity index (χ1) is 10.9. The summed E-state index contributed by atoms with van der Waals surface area (Å²) in [7, 11) is 0.0300. The number of hydrogen-bond donors (Lipinski definition) is 0. The molecule has 1 aromatic rings. The lowest BCUT2D eigenvalue weighted by atomic mass is 10.1. The molecule has 0 saturated carbocycles. The van der Waals surface area contributed by atoms with Gasteiger partial charge in [0, 0.05) is 5.56 Å². The minimum atomic E-state index is -1.57. The summed E-state index contributed by atoms with van der Waals surface area (Å²) in [4.78, 5) is 10.7. The number of aldehydes is 1. The Morgan fingerprint density at radius 3 is 2.25 bits per heavy atom. The molecule has 0 aliphatic rings. The van der Waals surface area contributed by atoms with Crippen LogP contribution in [0.15, 0.2) is 10.5 Å². The van der Waals surface area contributed by atoms with E-state index >= 15 is 0 Å². The number of hydrogen-bond acceptors (Lipinski definition) is 3. The zero-order valence-corrected chi connectivity index (χ0v) is 18.6. The molecule has 0 saturated heterocycles. The third-order valence-corrected chi connectivity index (χ3v) is 9.71. The first kappa shape index (κ1) is 22.9. The summed E-state index contributed by atoms with van der Waals surface area (Å²) in [5, 5.41) is 0.268. The molecule has 0 unspecified atom stereocenters. The maximum absolute atomic E-state index is 10.7. The zero-order chi connectivity index (χ0) is 19.1. The first-order valence-electron chi connectivity index (χ1n) is 7.79. The van der Waals surface area contributed by atoms with E-state index in [4.69, 9.17) is 15.6 Å². The molecule has 0 aliphatic heterocycles. The van der Waals surface area contributed by atoms with Crippen molar-refractivity contribution in [1.29, 1.82) is 0 Å². The van der Waals surface area contributed by atoms with Crippen molar-refractivity contribution in [1.82, 2.24) is 0 Å². The van der Waals surface area contributed by atoms with Gasteiger partial charge < -0.3 is 9.16 Å². The smallest absolute Gasteiger partial charge is 0.193 e. The van der Waals surface area contributed by atoms with Crippen LogP contribution in [0, 0.1) is 26.2 Å². The van der Waals surface area contributed by atoms with Crippen molar-refractivity contribution >= 4 is 30.5 Å². The van der Waals surface area contributed by atoms with E-state index in [9.17, 15) is 4.79 Å². The van der Waals surface area contributed by atoms with Crippen molar-refractivity contribution in [2.24, 2.45) is 0 Å². The van der Waals surface area contributed by atoms with Crippen molar-refractivity contribution in [3.05, 3.63) is 27.2 Å². The molecule has 5 heteroatoms. The standard InChI is InChI=1S/C10H11BrO2.C9H18OSi/c1-6-4-8(5-12)9(11)10(13-3)7(6)2;1-7-8-10-11(5,6)9(2,3)4/h4-5H,1-3H3;1H,8H2,2-6H3. The van der Waals surface area contributed by atoms with Crippen LogP contribution in [0.3, 0.4) is 0 Å². The fraction of sp³-hybridized carbons (Fsp3) is 0.526. The highest BCUT2D eigenvalue weighted by atomic mass is 79.9. The lowest BCUT2D eigenvalue weighted by molar-refractivity contribution is 0.112. The molecule has 0 atom stereocenters. The van der Waals surface area contributed by atoms with Gasteiger partial charge in [-0.2, -0.15) is 0 Å². The molecule has 0 spiro atoms. The highest BCUT2D eigenvalue weighted by Gasteiger charge is 2.36. The van der Waals surface area contributed by atoms with Crippen LogP contribution in [0.2, 0.25) is 18.1 Å². The molecule has 0 aromatic heterocycles. The van der Waals surface area contributed by atoms with Crippen LogP contribution in [-0.2, 0) is 4.43 Å². The number of aryl methyl sites for hydroxylation is 1. The van der Waals surface area contributed by atoms with Crippen LogP contribution in [0.5, 0.6) is 5.75 Å². The minimum Gasteiger partial charge on any atom is -0.495 e. The number of carbonyl (C=O) groups is 1. The first-order valence-corrected chi connectivity index (χ1v) is 11.5. The predicted molar refractivity (Wildman–Crippen MR) is 108 cm³/mol. The van der Waals surface area contributed by atoms with Crippen LogP contribution >= 0.6 is 15.9 Å². The van der Waals surface area contributed by atoms with E-state index in [-0.39, 0.29) is 5.04 Å².